The Bertz CT molecular complexity index is 1250. The summed E-state index contributed by atoms with van der Waals surface area (Å²) in [5.41, 5.74) is 0.541. The van der Waals surface area contributed by atoms with Crippen molar-refractivity contribution in [2.75, 3.05) is 11.9 Å². The van der Waals surface area contributed by atoms with Gasteiger partial charge in [-0.15, -0.1) is 11.3 Å². The number of thiazole rings is 1. The van der Waals surface area contributed by atoms with E-state index in [4.69, 9.17) is 0 Å². The molecule has 0 spiro atoms. The summed E-state index contributed by atoms with van der Waals surface area (Å²) in [5, 5.41) is 0.636. The third-order valence-corrected chi connectivity index (χ3v) is 7.01. The van der Waals surface area contributed by atoms with Crippen molar-refractivity contribution in [3.63, 3.8) is 0 Å². The van der Waals surface area contributed by atoms with E-state index in [9.17, 15) is 18.0 Å². The first kappa shape index (κ1) is 19.8. The number of rotatable bonds is 2. The lowest BCUT2D eigenvalue weighted by atomic mass is 10.2. The Labute approximate surface area is 172 Å². The summed E-state index contributed by atoms with van der Waals surface area (Å²) in [5.74, 6) is 0. The number of benzene rings is 1. The number of halogens is 3. The van der Waals surface area contributed by atoms with Gasteiger partial charge in [-0.25, -0.2) is 0 Å². The van der Waals surface area contributed by atoms with Crippen molar-refractivity contribution >= 4 is 39.9 Å². The maximum absolute atomic E-state index is 13.1. The molecule has 0 aliphatic carbocycles. The monoisotopic (exact) mass is 435 g/mol. The minimum Gasteiger partial charge on any atom is -0.337 e. The van der Waals surface area contributed by atoms with Crippen LogP contribution in [0.4, 0.5) is 18.9 Å². The van der Waals surface area contributed by atoms with E-state index < -0.39 is 11.7 Å². The SMILES string of the molecule is CCn1c(=O)/c(=C2\Sc3cc(C(F)(F)F)ccc3N2C)s/c1=C\c1ccccn1. The molecule has 0 atom stereocenters. The summed E-state index contributed by atoms with van der Waals surface area (Å²) in [7, 11) is 1.76. The number of anilines is 1. The molecule has 1 aromatic carbocycles. The molecule has 150 valence electrons. The van der Waals surface area contributed by atoms with Gasteiger partial charge < -0.3 is 4.90 Å². The zero-order valence-electron chi connectivity index (χ0n) is 15.5. The average Bonchev–Trinajstić information content (AvgIpc) is 3.18. The molecule has 1 aliphatic heterocycles. The molecule has 2 aromatic heterocycles. The molecular weight excluding hydrogens is 419 g/mol. The van der Waals surface area contributed by atoms with E-state index in [-0.39, 0.29) is 5.56 Å². The maximum atomic E-state index is 13.1. The fraction of sp³-hybridized carbons (Fsp3) is 0.200. The second-order valence-electron chi connectivity index (χ2n) is 6.36. The number of nitrogens with zero attached hydrogens (tertiary/aromatic N) is 3. The van der Waals surface area contributed by atoms with Crippen LogP contribution in [-0.2, 0) is 12.7 Å². The van der Waals surface area contributed by atoms with Crippen LogP contribution in [0, 0.1) is 0 Å². The number of pyridine rings is 1. The number of hydrogen-bond donors (Lipinski definition) is 0. The first-order valence-corrected chi connectivity index (χ1v) is 10.4. The van der Waals surface area contributed by atoms with Gasteiger partial charge in [0.1, 0.15) is 14.2 Å². The van der Waals surface area contributed by atoms with Gasteiger partial charge >= 0.3 is 6.18 Å². The van der Waals surface area contributed by atoms with Crippen LogP contribution in [0.3, 0.4) is 0 Å². The van der Waals surface area contributed by atoms with Crippen molar-refractivity contribution < 1.29 is 13.2 Å². The highest BCUT2D eigenvalue weighted by Gasteiger charge is 2.33. The first-order chi connectivity index (χ1) is 13.8. The minimum atomic E-state index is -4.40. The molecule has 0 unspecified atom stereocenters. The molecule has 4 nitrogen and oxygen atoms in total. The van der Waals surface area contributed by atoms with Gasteiger partial charge in [0.2, 0.25) is 0 Å². The van der Waals surface area contributed by atoms with E-state index in [1.165, 1.54) is 29.2 Å². The summed E-state index contributed by atoms with van der Waals surface area (Å²) in [6.45, 7) is 2.37. The van der Waals surface area contributed by atoms with Gasteiger partial charge in [0.15, 0.2) is 0 Å². The average molecular weight is 435 g/mol. The number of aromatic nitrogens is 2. The van der Waals surface area contributed by atoms with E-state index in [1.807, 2.05) is 31.2 Å². The maximum Gasteiger partial charge on any atom is 0.416 e. The van der Waals surface area contributed by atoms with Crippen LogP contribution < -0.4 is 19.7 Å². The van der Waals surface area contributed by atoms with E-state index >= 15 is 0 Å². The van der Waals surface area contributed by atoms with Crippen LogP contribution >= 0.6 is 23.1 Å². The van der Waals surface area contributed by atoms with Crippen LogP contribution in [0.1, 0.15) is 18.2 Å². The molecule has 0 radical (unpaired) electrons. The van der Waals surface area contributed by atoms with E-state index in [1.54, 1.807) is 22.7 Å². The van der Waals surface area contributed by atoms with Gasteiger partial charge in [-0.1, -0.05) is 17.8 Å². The number of alkyl halides is 3. The Kier molecular flexibility index (Phi) is 5.04. The molecule has 0 N–H and O–H groups in total. The Morgan fingerprint density at radius 2 is 2.00 bits per heavy atom. The highest BCUT2D eigenvalue weighted by atomic mass is 32.2. The van der Waals surface area contributed by atoms with Crippen molar-refractivity contribution in [2.24, 2.45) is 0 Å². The lowest BCUT2D eigenvalue weighted by Crippen LogP contribution is -2.33. The molecule has 0 saturated carbocycles. The molecule has 0 saturated heterocycles. The Morgan fingerprint density at radius 3 is 2.66 bits per heavy atom. The summed E-state index contributed by atoms with van der Waals surface area (Å²) >= 11 is 2.51. The van der Waals surface area contributed by atoms with Crippen molar-refractivity contribution in [2.45, 2.75) is 24.5 Å². The van der Waals surface area contributed by atoms with Crippen LogP contribution in [0.5, 0.6) is 0 Å². The predicted octanol–water partition coefficient (Wildman–Crippen LogP) is 3.48. The minimum absolute atomic E-state index is 0.155. The van der Waals surface area contributed by atoms with Crippen LogP contribution in [0.15, 0.2) is 52.3 Å². The third kappa shape index (κ3) is 3.60. The van der Waals surface area contributed by atoms with E-state index in [0.29, 0.717) is 26.7 Å². The molecule has 3 aromatic rings. The van der Waals surface area contributed by atoms with Crippen LogP contribution in [-0.4, -0.2) is 16.6 Å². The van der Waals surface area contributed by atoms with Crippen molar-refractivity contribution in [1.29, 1.82) is 0 Å². The summed E-state index contributed by atoms with van der Waals surface area (Å²) in [6, 6.07) is 9.18. The normalized spacial score (nSPS) is 16.4. The smallest absolute Gasteiger partial charge is 0.337 e. The van der Waals surface area contributed by atoms with Crippen LogP contribution in [0.25, 0.3) is 11.1 Å². The zero-order chi connectivity index (χ0) is 20.8. The molecule has 29 heavy (non-hydrogen) atoms. The van der Waals surface area contributed by atoms with Crippen molar-refractivity contribution in [3.8, 4) is 0 Å². The highest BCUT2D eigenvalue weighted by molar-refractivity contribution is 8.08. The Hall–Kier alpha value is -2.52. The lowest BCUT2D eigenvalue weighted by molar-refractivity contribution is -0.137. The quantitative estimate of drug-likeness (QED) is 0.618. The standard InChI is InChI=1S/C20H16F3N3OS2/c1-3-26-16(11-13-6-4-5-9-24-13)29-17(18(26)27)19-25(2)14-8-7-12(20(21,22)23)10-15(14)28-19/h4-11H,3H2,1-2H3/b16-11-,19-17+. The molecule has 1 aliphatic rings. The largest absolute Gasteiger partial charge is 0.416 e. The molecule has 4 rings (SSSR count). The number of thioether (sulfide) groups is 1. The van der Waals surface area contributed by atoms with E-state index in [0.717, 1.165) is 22.5 Å². The molecule has 9 heteroatoms. The van der Waals surface area contributed by atoms with Gasteiger partial charge in [0.25, 0.3) is 5.56 Å². The summed E-state index contributed by atoms with van der Waals surface area (Å²) in [4.78, 5) is 19.6. The molecule has 0 bridgehead atoms. The third-order valence-electron chi connectivity index (χ3n) is 4.54. The lowest BCUT2D eigenvalue weighted by Gasteiger charge is -2.13. The molecule has 0 amide bonds. The molecule has 0 fully saturated rings. The van der Waals surface area contributed by atoms with Gasteiger partial charge in [-0.05, 0) is 43.3 Å². The van der Waals surface area contributed by atoms with Crippen LogP contribution in [0.2, 0.25) is 0 Å². The summed E-state index contributed by atoms with van der Waals surface area (Å²) in [6.07, 6.45) is -0.882. The Morgan fingerprint density at radius 1 is 1.21 bits per heavy atom. The van der Waals surface area contributed by atoms with Gasteiger partial charge in [0, 0.05) is 24.7 Å². The van der Waals surface area contributed by atoms with Crippen molar-refractivity contribution in [3.05, 3.63) is 73.4 Å². The topological polar surface area (TPSA) is 38.1 Å². The van der Waals surface area contributed by atoms with Gasteiger partial charge in [-0.3, -0.25) is 14.3 Å². The predicted molar refractivity (Wildman–Crippen MR) is 110 cm³/mol. The zero-order valence-corrected chi connectivity index (χ0v) is 17.2. The second-order valence-corrected chi connectivity index (χ2v) is 8.43. The highest BCUT2D eigenvalue weighted by Crippen LogP contribution is 2.47. The Balaban J connectivity index is 1.88. The van der Waals surface area contributed by atoms with Crippen molar-refractivity contribution in [1.82, 2.24) is 9.55 Å². The fourth-order valence-electron chi connectivity index (χ4n) is 3.09. The first-order valence-electron chi connectivity index (χ1n) is 8.79. The molecular formula is C20H16F3N3OS2. The molecule has 3 heterocycles. The van der Waals surface area contributed by atoms with E-state index in [2.05, 4.69) is 4.98 Å². The number of hydrogen-bond acceptors (Lipinski definition) is 5. The summed E-state index contributed by atoms with van der Waals surface area (Å²) < 4.78 is 42.1. The fourth-order valence-corrected chi connectivity index (χ4v) is 5.59. The van der Waals surface area contributed by atoms with Gasteiger partial charge in [0.05, 0.1) is 16.9 Å². The van der Waals surface area contributed by atoms with Gasteiger partial charge in [-0.2, -0.15) is 13.2 Å². The second kappa shape index (κ2) is 7.38. The number of fused-ring (bicyclic) bond motifs is 1.